The third-order valence-corrected chi connectivity index (χ3v) is 4.60. The number of carbonyl (C=O) groups excluding carboxylic acids is 1. The van der Waals surface area contributed by atoms with Gasteiger partial charge < -0.3 is 4.90 Å². The van der Waals surface area contributed by atoms with Gasteiger partial charge in [0.15, 0.2) is 0 Å². The average Bonchev–Trinajstić information content (AvgIpc) is 2.47. The van der Waals surface area contributed by atoms with Gasteiger partial charge in [0.2, 0.25) is 6.41 Å². The molecule has 1 heterocycles. The zero-order chi connectivity index (χ0) is 12.4. The van der Waals surface area contributed by atoms with Crippen LogP contribution in [-0.2, 0) is 11.2 Å². The molecule has 1 atom stereocenters. The third kappa shape index (κ3) is 2.05. The van der Waals surface area contributed by atoms with Gasteiger partial charge in [0.05, 0.1) is 6.04 Å². The second-order valence-electron chi connectivity index (χ2n) is 5.63. The largest absolute Gasteiger partial charge is 0.338 e. The normalized spacial score (nSPS) is 24.7. The van der Waals surface area contributed by atoms with E-state index in [0.29, 0.717) is 12.0 Å². The number of carbonyl (C=O) groups is 1. The van der Waals surface area contributed by atoms with Crippen LogP contribution < -0.4 is 0 Å². The summed E-state index contributed by atoms with van der Waals surface area (Å²) >= 11 is 0. The van der Waals surface area contributed by atoms with Crippen molar-refractivity contribution in [3.8, 4) is 0 Å². The van der Waals surface area contributed by atoms with Crippen molar-refractivity contribution in [2.45, 2.75) is 44.6 Å². The summed E-state index contributed by atoms with van der Waals surface area (Å²) in [5, 5.41) is 0. The van der Waals surface area contributed by atoms with Crippen molar-refractivity contribution in [2.24, 2.45) is 5.92 Å². The van der Waals surface area contributed by atoms with Crippen LogP contribution in [0.15, 0.2) is 24.3 Å². The Labute approximate surface area is 109 Å². The molecule has 0 bridgehead atoms. The van der Waals surface area contributed by atoms with Crippen molar-refractivity contribution in [3.05, 3.63) is 35.4 Å². The fourth-order valence-electron chi connectivity index (χ4n) is 3.71. The molecule has 2 aliphatic rings. The van der Waals surface area contributed by atoms with Gasteiger partial charge in [-0.1, -0.05) is 43.5 Å². The van der Waals surface area contributed by atoms with E-state index >= 15 is 0 Å². The van der Waals surface area contributed by atoms with E-state index in [0.717, 1.165) is 19.4 Å². The predicted molar refractivity (Wildman–Crippen MR) is 72.2 cm³/mol. The molecule has 1 aromatic carbocycles. The SMILES string of the molecule is O=CN1CCc2ccccc2C1C1CCCCC1. The van der Waals surface area contributed by atoms with Gasteiger partial charge in [-0.05, 0) is 36.3 Å². The first-order chi connectivity index (χ1) is 8.90. The molecule has 1 aliphatic heterocycles. The topological polar surface area (TPSA) is 20.3 Å². The van der Waals surface area contributed by atoms with Crippen LogP contribution in [0.3, 0.4) is 0 Å². The monoisotopic (exact) mass is 243 g/mol. The molecule has 0 radical (unpaired) electrons. The van der Waals surface area contributed by atoms with Gasteiger partial charge in [-0.2, -0.15) is 0 Å². The van der Waals surface area contributed by atoms with Crippen molar-refractivity contribution in [2.75, 3.05) is 6.54 Å². The smallest absolute Gasteiger partial charge is 0.210 e. The lowest BCUT2D eigenvalue weighted by molar-refractivity contribution is -0.122. The lowest BCUT2D eigenvalue weighted by atomic mass is 9.77. The minimum Gasteiger partial charge on any atom is -0.338 e. The Kier molecular flexibility index (Phi) is 3.35. The van der Waals surface area contributed by atoms with E-state index in [1.54, 1.807) is 0 Å². The van der Waals surface area contributed by atoms with Crippen molar-refractivity contribution in [1.82, 2.24) is 4.90 Å². The van der Waals surface area contributed by atoms with Crippen LogP contribution in [0.5, 0.6) is 0 Å². The summed E-state index contributed by atoms with van der Waals surface area (Å²) in [6, 6.07) is 9.03. The van der Waals surface area contributed by atoms with E-state index in [1.807, 2.05) is 4.90 Å². The quantitative estimate of drug-likeness (QED) is 0.730. The first kappa shape index (κ1) is 11.8. The van der Waals surface area contributed by atoms with Crippen LogP contribution in [0, 0.1) is 5.92 Å². The fourth-order valence-corrected chi connectivity index (χ4v) is 3.71. The molecule has 1 amide bonds. The highest BCUT2D eigenvalue weighted by atomic mass is 16.1. The van der Waals surface area contributed by atoms with Gasteiger partial charge >= 0.3 is 0 Å². The van der Waals surface area contributed by atoms with Gasteiger partial charge in [-0.3, -0.25) is 4.79 Å². The third-order valence-electron chi connectivity index (χ3n) is 4.60. The summed E-state index contributed by atoms with van der Waals surface area (Å²) in [6.45, 7) is 0.891. The molecule has 1 unspecified atom stereocenters. The van der Waals surface area contributed by atoms with Gasteiger partial charge in [0, 0.05) is 6.54 Å². The van der Waals surface area contributed by atoms with Crippen LogP contribution >= 0.6 is 0 Å². The summed E-state index contributed by atoms with van der Waals surface area (Å²) in [5.41, 5.74) is 2.86. The number of hydrogen-bond donors (Lipinski definition) is 0. The van der Waals surface area contributed by atoms with E-state index in [-0.39, 0.29) is 0 Å². The Balaban J connectivity index is 1.94. The van der Waals surface area contributed by atoms with Gasteiger partial charge in [0.25, 0.3) is 0 Å². The summed E-state index contributed by atoms with van der Waals surface area (Å²) in [7, 11) is 0. The first-order valence-electron chi connectivity index (χ1n) is 7.19. The zero-order valence-electron chi connectivity index (χ0n) is 10.8. The highest BCUT2D eigenvalue weighted by Crippen LogP contribution is 2.41. The van der Waals surface area contributed by atoms with E-state index in [2.05, 4.69) is 24.3 Å². The summed E-state index contributed by atoms with van der Waals surface area (Å²) in [5.74, 6) is 0.672. The Morgan fingerprint density at radius 2 is 1.89 bits per heavy atom. The molecule has 1 aliphatic carbocycles. The molecular formula is C16H21NO. The maximum absolute atomic E-state index is 11.3. The summed E-state index contributed by atoms with van der Waals surface area (Å²) in [6.07, 6.45) is 8.66. The number of nitrogens with zero attached hydrogens (tertiary/aromatic N) is 1. The predicted octanol–water partition coefficient (Wildman–Crippen LogP) is 3.32. The summed E-state index contributed by atoms with van der Waals surface area (Å²) in [4.78, 5) is 13.4. The Morgan fingerprint density at radius 1 is 1.11 bits per heavy atom. The standard InChI is InChI=1S/C16H21NO/c18-12-17-11-10-13-6-4-5-9-15(13)16(17)14-7-2-1-3-8-14/h4-6,9,12,14,16H,1-3,7-8,10-11H2. The Bertz CT molecular complexity index is 423. The molecule has 18 heavy (non-hydrogen) atoms. The fraction of sp³-hybridized carbons (Fsp3) is 0.562. The molecule has 0 spiro atoms. The van der Waals surface area contributed by atoms with Crippen LogP contribution in [0.4, 0.5) is 0 Å². The van der Waals surface area contributed by atoms with E-state index in [9.17, 15) is 4.79 Å². The Morgan fingerprint density at radius 3 is 2.67 bits per heavy atom. The van der Waals surface area contributed by atoms with Crippen molar-refractivity contribution in [3.63, 3.8) is 0 Å². The van der Waals surface area contributed by atoms with Gasteiger partial charge in [0.1, 0.15) is 0 Å². The molecule has 0 aromatic heterocycles. The lowest BCUT2D eigenvalue weighted by Crippen LogP contribution is -2.39. The van der Waals surface area contributed by atoms with E-state index in [4.69, 9.17) is 0 Å². The molecule has 0 saturated heterocycles. The maximum atomic E-state index is 11.3. The highest BCUT2D eigenvalue weighted by Gasteiger charge is 2.33. The second kappa shape index (κ2) is 5.13. The van der Waals surface area contributed by atoms with Crippen LogP contribution in [0.1, 0.15) is 49.3 Å². The molecule has 1 aromatic rings. The molecule has 2 nitrogen and oxygen atoms in total. The molecule has 1 fully saturated rings. The van der Waals surface area contributed by atoms with Crippen LogP contribution in [-0.4, -0.2) is 17.9 Å². The molecule has 1 saturated carbocycles. The molecule has 96 valence electrons. The van der Waals surface area contributed by atoms with Gasteiger partial charge in [-0.25, -0.2) is 0 Å². The number of hydrogen-bond acceptors (Lipinski definition) is 1. The minimum absolute atomic E-state index is 0.341. The number of fused-ring (bicyclic) bond motifs is 1. The molecule has 0 N–H and O–H groups in total. The Hall–Kier alpha value is -1.31. The molecule has 3 rings (SSSR count). The van der Waals surface area contributed by atoms with Crippen molar-refractivity contribution < 1.29 is 4.79 Å². The van der Waals surface area contributed by atoms with Crippen molar-refractivity contribution >= 4 is 6.41 Å². The maximum Gasteiger partial charge on any atom is 0.210 e. The van der Waals surface area contributed by atoms with Crippen LogP contribution in [0.25, 0.3) is 0 Å². The molecule has 2 heteroatoms. The zero-order valence-corrected chi connectivity index (χ0v) is 10.8. The van der Waals surface area contributed by atoms with E-state index < -0.39 is 0 Å². The lowest BCUT2D eigenvalue weighted by Gasteiger charge is -2.41. The number of benzene rings is 1. The molecular weight excluding hydrogens is 222 g/mol. The summed E-state index contributed by atoms with van der Waals surface area (Å²) < 4.78 is 0. The first-order valence-corrected chi connectivity index (χ1v) is 7.19. The van der Waals surface area contributed by atoms with E-state index in [1.165, 1.54) is 43.2 Å². The highest BCUT2D eigenvalue weighted by molar-refractivity contribution is 5.51. The number of rotatable bonds is 2. The van der Waals surface area contributed by atoms with Crippen molar-refractivity contribution in [1.29, 1.82) is 0 Å². The second-order valence-corrected chi connectivity index (χ2v) is 5.63. The van der Waals surface area contributed by atoms with Gasteiger partial charge in [-0.15, -0.1) is 0 Å². The van der Waals surface area contributed by atoms with Crippen LogP contribution in [0.2, 0.25) is 0 Å². The minimum atomic E-state index is 0.341. The number of amides is 1. The average molecular weight is 243 g/mol.